The largest absolute Gasteiger partial charge is 0.480 e. The number of nitrogens with one attached hydrogen (secondary N) is 1. The first-order chi connectivity index (χ1) is 9.19. The zero-order chi connectivity index (χ0) is 15.5. The Bertz CT molecular complexity index is 596. The zero-order valence-electron chi connectivity index (χ0n) is 9.81. The monoisotopic (exact) mass is 361 g/mol. The number of aliphatic carboxylic acids is 1. The molecule has 1 aromatic carbocycles. The van der Waals surface area contributed by atoms with Gasteiger partial charge in [0.2, 0.25) is 10.0 Å². The highest BCUT2D eigenvalue weighted by Gasteiger charge is 2.28. The van der Waals surface area contributed by atoms with Crippen molar-refractivity contribution in [2.45, 2.75) is 17.4 Å². The Kier molecular flexibility index (Phi) is 6.06. The lowest BCUT2D eigenvalue weighted by Gasteiger charge is -2.15. The lowest BCUT2D eigenvalue weighted by molar-refractivity contribution is -0.139. The van der Waals surface area contributed by atoms with Crippen molar-refractivity contribution in [1.29, 1.82) is 0 Å². The number of hydrogen-bond acceptors (Lipinski definition) is 4. The van der Waals surface area contributed by atoms with Gasteiger partial charge >= 0.3 is 5.97 Å². The van der Waals surface area contributed by atoms with E-state index in [1.807, 2.05) is 4.72 Å². The number of aliphatic hydroxyl groups excluding tert-OH is 1. The van der Waals surface area contributed by atoms with Crippen molar-refractivity contribution in [3.8, 4) is 0 Å². The molecular weight excluding hydrogens is 353 g/mol. The molecule has 0 bridgehead atoms. The summed E-state index contributed by atoms with van der Waals surface area (Å²) < 4.78 is 26.1. The number of hydrogen-bond donors (Lipinski definition) is 3. The van der Waals surface area contributed by atoms with Gasteiger partial charge in [0.1, 0.15) is 10.9 Å². The minimum Gasteiger partial charge on any atom is -0.480 e. The third kappa shape index (κ3) is 4.21. The van der Waals surface area contributed by atoms with E-state index in [-0.39, 0.29) is 21.5 Å². The molecule has 0 amide bonds. The predicted octanol–water partition coefficient (Wildman–Crippen LogP) is 1.76. The number of halogens is 3. The van der Waals surface area contributed by atoms with Gasteiger partial charge < -0.3 is 10.2 Å². The van der Waals surface area contributed by atoms with Crippen LogP contribution >= 0.6 is 34.8 Å². The molecule has 0 fully saturated rings. The van der Waals surface area contributed by atoms with Crippen LogP contribution in [0.1, 0.15) is 6.42 Å². The summed E-state index contributed by atoms with van der Waals surface area (Å²) in [5.74, 6) is -1.43. The highest BCUT2D eigenvalue weighted by atomic mass is 35.5. The van der Waals surface area contributed by atoms with Crippen LogP contribution in [0.5, 0.6) is 0 Å². The van der Waals surface area contributed by atoms with Crippen LogP contribution in [0.25, 0.3) is 0 Å². The summed E-state index contributed by atoms with van der Waals surface area (Å²) in [6.45, 7) is -0.498. The standard InChI is InChI=1S/C10H10Cl3NO5S/c11-5-3-6(12)9(7(13)4-5)20(18,19)14-8(1-2-15)10(16)17/h3-4,8,14-15H,1-2H2,(H,16,17)/t8-/m1/s1. The third-order valence-corrected chi connectivity index (χ3v) is 4.86. The van der Waals surface area contributed by atoms with Gasteiger partial charge in [-0.3, -0.25) is 4.79 Å². The normalized spacial score (nSPS) is 13.2. The lowest BCUT2D eigenvalue weighted by atomic mass is 10.2. The molecular formula is C10H10Cl3NO5S. The Morgan fingerprint density at radius 1 is 1.25 bits per heavy atom. The molecule has 20 heavy (non-hydrogen) atoms. The Labute approximate surface area is 130 Å². The zero-order valence-corrected chi connectivity index (χ0v) is 12.9. The molecule has 0 aliphatic carbocycles. The maximum atomic E-state index is 12.1. The molecule has 0 heterocycles. The van der Waals surface area contributed by atoms with E-state index in [4.69, 9.17) is 45.0 Å². The summed E-state index contributed by atoms with van der Waals surface area (Å²) in [6, 6.07) is 0.851. The minimum atomic E-state index is -4.27. The van der Waals surface area contributed by atoms with Gasteiger partial charge in [-0.1, -0.05) is 34.8 Å². The molecule has 0 aliphatic rings. The smallest absolute Gasteiger partial charge is 0.321 e. The summed E-state index contributed by atoms with van der Waals surface area (Å²) in [6.07, 6.45) is -0.294. The highest BCUT2D eigenvalue weighted by Crippen LogP contribution is 2.32. The number of sulfonamides is 1. The molecule has 1 aromatic rings. The van der Waals surface area contributed by atoms with E-state index in [1.165, 1.54) is 12.1 Å². The summed E-state index contributed by atoms with van der Waals surface area (Å²) in [4.78, 5) is 10.4. The minimum absolute atomic E-state index is 0.143. The first-order valence-electron chi connectivity index (χ1n) is 5.19. The van der Waals surface area contributed by atoms with Crippen molar-refractivity contribution in [3.63, 3.8) is 0 Å². The van der Waals surface area contributed by atoms with E-state index in [9.17, 15) is 13.2 Å². The topological polar surface area (TPSA) is 104 Å². The molecule has 0 saturated heterocycles. The van der Waals surface area contributed by atoms with E-state index >= 15 is 0 Å². The quantitative estimate of drug-likeness (QED) is 0.715. The van der Waals surface area contributed by atoms with Gasteiger partial charge in [0, 0.05) is 11.6 Å². The molecule has 1 rings (SSSR count). The summed E-state index contributed by atoms with van der Waals surface area (Å²) in [7, 11) is -4.27. The summed E-state index contributed by atoms with van der Waals surface area (Å²) in [5.41, 5.74) is 0. The summed E-state index contributed by atoms with van der Waals surface area (Å²) in [5, 5.41) is 17.3. The molecule has 112 valence electrons. The molecule has 6 nitrogen and oxygen atoms in total. The van der Waals surface area contributed by atoms with Crippen LogP contribution in [0.15, 0.2) is 17.0 Å². The average Bonchev–Trinajstić information content (AvgIpc) is 2.25. The lowest BCUT2D eigenvalue weighted by Crippen LogP contribution is -2.41. The van der Waals surface area contributed by atoms with Gasteiger partial charge in [-0.05, 0) is 18.6 Å². The van der Waals surface area contributed by atoms with E-state index in [0.29, 0.717) is 0 Å². The SMILES string of the molecule is O=C(O)[C@@H](CCO)NS(=O)(=O)c1c(Cl)cc(Cl)cc1Cl. The van der Waals surface area contributed by atoms with Crippen LogP contribution in [0, 0.1) is 0 Å². The first-order valence-corrected chi connectivity index (χ1v) is 7.81. The van der Waals surface area contributed by atoms with Crippen LogP contribution in [0.3, 0.4) is 0 Å². The van der Waals surface area contributed by atoms with Gasteiger partial charge in [-0.25, -0.2) is 8.42 Å². The molecule has 0 radical (unpaired) electrons. The van der Waals surface area contributed by atoms with Crippen molar-refractivity contribution in [1.82, 2.24) is 4.72 Å². The average molecular weight is 363 g/mol. The molecule has 0 saturated carbocycles. The van der Waals surface area contributed by atoms with Gasteiger partial charge in [0.15, 0.2) is 0 Å². The molecule has 10 heteroatoms. The van der Waals surface area contributed by atoms with Crippen LogP contribution in [0.2, 0.25) is 15.1 Å². The Morgan fingerprint density at radius 3 is 2.15 bits per heavy atom. The Morgan fingerprint density at radius 2 is 1.75 bits per heavy atom. The van der Waals surface area contributed by atoms with Crippen LogP contribution in [0.4, 0.5) is 0 Å². The van der Waals surface area contributed by atoms with Crippen molar-refractivity contribution >= 4 is 50.8 Å². The second-order valence-corrected chi connectivity index (χ2v) is 6.62. The number of benzene rings is 1. The molecule has 1 atom stereocenters. The molecule has 0 aliphatic heterocycles. The fourth-order valence-electron chi connectivity index (χ4n) is 1.39. The van der Waals surface area contributed by atoms with Crippen molar-refractivity contribution < 1.29 is 23.4 Å². The molecule has 0 spiro atoms. The van der Waals surface area contributed by atoms with Crippen LogP contribution < -0.4 is 4.72 Å². The number of carbonyl (C=O) groups is 1. The molecule has 3 N–H and O–H groups in total. The van der Waals surface area contributed by atoms with E-state index in [2.05, 4.69) is 0 Å². The molecule has 0 aromatic heterocycles. The number of aliphatic hydroxyl groups is 1. The number of carboxylic acids is 1. The van der Waals surface area contributed by atoms with Gasteiger partial charge in [0.25, 0.3) is 0 Å². The van der Waals surface area contributed by atoms with E-state index < -0.39 is 33.5 Å². The molecule has 0 unspecified atom stereocenters. The van der Waals surface area contributed by atoms with Gasteiger partial charge in [-0.15, -0.1) is 0 Å². The Balaban J connectivity index is 3.20. The number of carboxylic acid groups (broad SMARTS) is 1. The third-order valence-electron chi connectivity index (χ3n) is 2.25. The second kappa shape index (κ2) is 6.93. The van der Waals surface area contributed by atoms with Crippen molar-refractivity contribution in [3.05, 3.63) is 27.2 Å². The fraction of sp³-hybridized carbons (Fsp3) is 0.300. The number of rotatable bonds is 6. The predicted molar refractivity (Wildman–Crippen MR) is 74.9 cm³/mol. The first kappa shape index (κ1) is 17.5. The van der Waals surface area contributed by atoms with Crippen LogP contribution in [-0.2, 0) is 14.8 Å². The van der Waals surface area contributed by atoms with Crippen molar-refractivity contribution in [2.24, 2.45) is 0 Å². The van der Waals surface area contributed by atoms with E-state index in [1.54, 1.807) is 0 Å². The Hall–Kier alpha value is -0.570. The maximum Gasteiger partial charge on any atom is 0.321 e. The fourth-order valence-corrected chi connectivity index (χ4v) is 4.16. The van der Waals surface area contributed by atoms with Crippen molar-refractivity contribution in [2.75, 3.05) is 6.61 Å². The van der Waals surface area contributed by atoms with Crippen LogP contribution in [-0.4, -0.2) is 37.2 Å². The highest BCUT2D eigenvalue weighted by molar-refractivity contribution is 7.89. The maximum absolute atomic E-state index is 12.1. The van der Waals surface area contributed by atoms with Gasteiger partial charge in [0.05, 0.1) is 10.0 Å². The second-order valence-electron chi connectivity index (χ2n) is 3.72. The van der Waals surface area contributed by atoms with E-state index in [0.717, 1.165) is 0 Å². The van der Waals surface area contributed by atoms with Gasteiger partial charge in [-0.2, -0.15) is 4.72 Å². The summed E-state index contributed by atoms with van der Waals surface area (Å²) >= 11 is 17.2.